The number of hydrogen-bond acceptors (Lipinski definition) is 8. The summed E-state index contributed by atoms with van der Waals surface area (Å²) in [5, 5.41) is 10.5. The molecule has 3 heterocycles. The Kier molecular flexibility index (Phi) is 3.69. The van der Waals surface area contributed by atoms with Crippen LogP contribution in [0.3, 0.4) is 0 Å². The van der Waals surface area contributed by atoms with Gasteiger partial charge >= 0.3 is 0 Å². The van der Waals surface area contributed by atoms with E-state index < -0.39 is 0 Å². The Bertz CT molecular complexity index is 860. The number of rotatable bonds is 3. The van der Waals surface area contributed by atoms with Gasteiger partial charge in [-0.3, -0.25) is 0 Å². The summed E-state index contributed by atoms with van der Waals surface area (Å²) in [4.78, 5) is 13.2. The molecule has 1 N–H and O–H groups in total. The first-order valence-electron chi connectivity index (χ1n) is 7.66. The van der Waals surface area contributed by atoms with E-state index in [4.69, 9.17) is 4.63 Å². The van der Waals surface area contributed by atoms with Crippen molar-refractivity contribution in [2.45, 2.75) is 0 Å². The summed E-state index contributed by atoms with van der Waals surface area (Å²) in [6.45, 7) is 3.42. The van der Waals surface area contributed by atoms with Gasteiger partial charge < -0.3 is 15.1 Å². The van der Waals surface area contributed by atoms with E-state index in [1.54, 1.807) is 18.2 Å². The molecule has 1 aromatic carbocycles. The Balaban J connectivity index is 1.74. The average Bonchev–Trinajstić information content (AvgIpc) is 3.04. The van der Waals surface area contributed by atoms with Gasteiger partial charge in [-0.25, -0.2) is 19.0 Å². The highest BCUT2D eigenvalue weighted by molar-refractivity contribution is 5.77. The van der Waals surface area contributed by atoms with E-state index in [0.717, 1.165) is 26.2 Å². The fourth-order valence-corrected chi connectivity index (χ4v) is 2.64. The average molecular weight is 329 g/mol. The fourth-order valence-electron chi connectivity index (χ4n) is 2.64. The quantitative estimate of drug-likeness (QED) is 0.776. The van der Waals surface area contributed by atoms with Crippen molar-refractivity contribution in [1.29, 1.82) is 0 Å². The topological polar surface area (TPSA) is 83.2 Å². The van der Waals surface area contributed by atoms with Gasteiger partial charge in [0, 0.05) is 26.2 Å². The molecule has 0 spiro atoms. The summed E-state index contributed by atoms with van der Waals surface area (Å²) in [5.74, 6) is 0.699. The van der Waals surface area contributed by atoms with Gasteiger partial charge in [-0.2, -0.15) is 0 Å². The second kappa shape index (κ2) is 6.00. The molecule has 9 heteroatoms. The van der Waals surface area contributed by atoms with Crippen LogP contribution in [0.1, 0.15) is 0 Å². The largest absolute Gasteiger partial charge is 0.351 e. The number of nitrogens with one attached hydrogen (secondary N) is 1. The van der Waals surface area contributed by atoms with Gasteiger partial charge in [0.2, 0.25) is 11.3 Å². The second-order valence-corrected chi connectivity index (χ2v) is 5.70. The van der Waals surface area contributed by atoms with Crippen molar-refractivity contribution in [3.63, 3.8) is 0 Å². The van der Waals surface area contributed by atoms with Crippen LogP contribution in [-0.4, -0.2) is 58.4 Å². The number of para-hydroxylation sites is 1. The molecule has 0 radical (unpaired) electrons. The zero-order valence-corrected chi connectivity index (χ0v) is 13.1. The number of benzene rings is 1. The highest BCUT2D eigenvalue weighted by Crippen LogP contribution is 2.28. The monoisotopic (exact) mass is 329 g/mol. The third kappa shape index (κ3) is 2.73. The van der Waals surface area contributed by atoms with E-state index in [-0.39, 0.29) is 11.5 Å². The number of aromatic nitrogens is 4. The van der Waals surface area contributed by atoms with Gasteiger partial charge in [0.25, 0.3) is 0 Å². The molecule has 1 aliphatic heterocycles. The molecule has 0 aliphatic carbocycles. The lowest BCUT2D eigenvalue weighted by molar-refractivity contribution is 0.311. The summed E-state index contributed by atoms with van der Waals surface area (Å²) >= 11 is 0. The SMILES string of the molecule is CN1CCN(c2nc3nonc3nc2Nc2ccccc2F)CC1. The van der Waals surface area contributed by atoms with E-state index in [1.165, 1.54) is 6.07 Å². The molecule has 0 saturated carbocycles. The van der Waals surface area contributed by atoms with E-state index in [2.05, 4.69) is 42.4 Å². The van der Waals surface area contributed by atoms with Crippen LogP contribution >= 0.6 is 0 Å². The number of halogens is 1. The van der Waals surface area contributed by atoms with Crippen molar-refractivity contribution in [2.24, 2.45) is 0 Å². The second-order valence-electron chi connectivity index (χ2n) is 5.70. The maximum Gasteiger partial charge on any atom is 0.245 e. The van der Waals surface area contributed by atoms with Crippen LogP contribution in [0.15, 0.2) is 28.9 Å². The van der Waals surface area contributed by atoms with Crippen LogP contribution in [0.25, 0.3) is 11.3 Å². The zero-order valence-electron chi connectivity index (χ0n) is 13.1. The molecule has 0 unspecified atom stereocenters. The lowest BCUT2D eigenvalue weighted by Gasteiger charge is -2.33. The van der Waals surface area contributed by atoms with Crippen molar-refractivity contribution in [3.8, 4) is 0 Å². The molecule has 4 rings (SSSR count). The molecule has 1 saturated heterocycles. The number of nitrogens with zero attached hydrogens (tertiary/aromatic N) is 6. The number of hydrogen-bond donors (Lipinski definition) is 1. The lowest BCUT2D eigenvalue weighted by Crippen LogP contribution is -2.45. The predicted molar refractivity (Wildman–Crippen MR) is 86.8 cm³/mol. The van der Waals surface area contributed by atoms with E-state index in [0.29, 0.717) is 23.0 Å². The first-order valence-corrected chi connectivity index (χ1v) is 7.66. The van der Waals surface area contributed by atoms with E-state index >= 15 is 0 Å². The molecular weight excluding hydrogens is 313 g/mol. The molecule has 124 valence electrons. The van der Waals surface area contributed by atoms with E-state index in [9.17, 15) is 4.39 Å². The maximum atomic E-state index is 14.0. The Morgan fingerprint density at radius 3 is 2.50 bits per heavy atom. The molecule has 3 aromatic rings. The summed E-state index contributed by atoms with van der Waals surface area (Å²) in [6.07, 6.45) is 0. The standard InChI is InChI=1S/C15H16FN7O/c1-22-6-8-23(9-7-22)15-14(17-11-5-3-2-4-10(11)16)18-12-13(19-15)21-24-20-12/h2-5H,6-9H2,1H3,(H,17,18,20). The van der Waals surface area contributed by atoms with Crippen LogP contribution in [0, 0.1) is 5.82 Å². The Morgan fingerprint density at radius 1 is 1.04 bits per heavy atom. The van der Waals surface area contributed by atoms with Crippen LogP contribution < -0.4 is 10.2 Å². The Labute approximate surface area is 137 Å². The minimum atomic E-state index is -0.359. The van der Waals surface area contributed by atoms with E-state index in [1.807, 2.05) is 0 Å². The van der Waals surface area contributed by atoms with Crippen LogP contribution in [-0.2, 0) is 0 Å². The number of fused-ring (bicyclic) bond motifs is 1. The summed E-state index contributed by atoms with van der Waals surface area (Å²) in [6, 6.07) is 6.43. The smallest absolute Gasteiger partial charge is 0.245 e. The Morgan fingerprint density at radius 2 is 1.75 bits per heavy atom. The molecule has 1 fully saturated rings. The van der Waals surface area contributed by atoms with Gasteiger partial charge in [0.15, 0.2) is 11.6 Å². The van der Waals surface area contributed by atoms with Crippen molar-refractivity contribution in [1.82, 2.24) is 25.2 Å². The lowest BCUT2D eigenvalue weighted by atomic mass is 10.3. The van der Waals surface area contributed by atoms with Crippen molar-refractivity contribution >= 4 is 28.6 Å². The van der Waals surface area contributed by atoms with Crippen LogP contribution in [0.5, 0.6) is 0 Å². The summed E-state index contributed by atoms with van der Waals surface area (Å²) < 4.78 is 18.7. The van der Waals surface area contributed by atoms with Crippen molar-refractivity contribution in [3.05, 3.63) is 30.1 Å². The van der Waals surface area contributed by atoms with Gasteiger partial charge in [-0.15, -0.1) is 0 Å². The molecule has 2 aromatic heterocycles. The van der Waals surface area contributed by atoms with Crippen LogP contribution in [0.4, 0.5) is 21.7 Å². The number of likely N-dealkylation sites (N-methyl/N-ethyl adjacent to an activating group) is 1. The third-order valence-electron chi connectivity index (χ3n) is 4.03. The molecule has 24 heavy (non-hydrogen) atoms. The minimum absolute atomic E-state index is 0.284. The van der Waals surface area contributed by atoms with Gasteiger partial charge in [-0.1, -0.05) is 12.1 Å². The predicted octanol–water partition coefficient (Wildman–Crippen LogP) is 1.65. The fraction of sp³-hybridized carbons (Fsp3) is 0.333. The molecule has 0 atom stereocenters. The molecule has 1 aliphatic rings. The zero-order chi connectivity index (χ0) is 16.5. The van der Waals surface area contributed by atoms with Crippen molar-refractivity contribution < 1.29 is 9.02 Å². The number of anilines is 3. The van der Waals surface area contributed by atoms with Crippen LogP contribution in [0.2, 0.25) is 0 Å². The first-order chi connectivity index (χ1) is 11.7. The molecule has 0 bridgehead atoms. The minimum Gasteiger partial charge on any atom is -0.351 e. The number of piperazine rings is 1. The summed E-state index contributed by atoms with van der Waals surface area (Å²) in [7, 11) is 2.08. The highest BCUT2D eigenvalue weighted by atomic mass is 19.1. The molecule has 0 amide bonds. The third-order valence-corrected chi connectivity index (χ3v) is 4.03. The van der Waals surface area contributed by atoms with Gasteiger partial charge in [0.1, 0.15) is 5.82 Å². The van der Waals surface area contributed by atoms with Crippen molar-refractivity contribution in [2.75, 3.05) is 43.4 Å². The van der Waals surface area contributed by atoms with Gasteiger partial charge in [0.05, 0.1) is 5.69 Å². The molecular formula is C15H16FN7O. The molecule has 8 nitrogen and oxygen atoms in total. The van der Waals surface area contributed by atoms with Gasteiger partial charge in [-0.05, 0) is 29.5 Å². The Hall–Kier alpha value is -2.81. The highest BCUT2D eigenvalue weighted by Gasteiger charge is 2.22. The summed E-state index contributed by atoms with van der Waals surface area (Å²) in [5.41, 5.74) is 0.952. The first kappa shape index (κ1) is 14.8. The normalized spacial score (nSPS) is 15.8. The maximum absolute atomic E-state index is 14.0.